The van der Waals surface area contributed by atoms with Gasteiger partial charge in [-0.2, -0.15) is 0 Å². The summed E-state index contributed by atoms with van der Waals surface area (Å²) in [6.45, 7) is 0.0170. The zero-order valence-electron chi connectivity index (χ0n) is 16.5. The summed E-state index contributed by atoms with van der Waals surface area (Å²) in [6, 6.07) is 19.5. The molecule has 2 heterocycles. The molecule has 2 aromatic heterocycles. The maximum Gasteiger partial charge on any atom is 0.295 e. The zero-order chi connectivity index (χ0) is 22.7. The average Bonchev–Trinajstić information content (AvgIpc) is 3.29. The number of aromatic nitrogens is 1. The summed E-state index contributed by atoms with van der Waals surface area (Å²) in [5.74, 6) is -0.903. The van der Waals surface area contributed by atoms with Crippen LogP contribution in [0, 0.1) is 5.82 Å². The normalized spacial score (nSPS) is 11.3. The summed E-state index contributed by atoms with van der Waals surface area (Å²) in [7, 11) is -3.95. The number of furan rings is 1. The molecule has 4 aromatic rings. The van der Waals surface area contributed by atoms with Gasteiger partial charge in [-0.15, -0.1) is 0 Å². The van der Waals surface area contributed by atoms with Crippen LogP contribution in [0.15, 0.2) is 104 Å². The highest BCUT2D eigenvalue weighted by atomic mass is 79.9. The molecule has 0 bridgehead atoms. The predicted molar refractivity (Wildman–Crippen MR) is 119 cm³/mol. The number of anilines is 1. The van der Waals surface area contributed by atoms with E-state index in [1.807, 2.05) is 0 Å². The minimum Gasteiger partial charge on any atom is -0.439 e. The molecular formula is C23H16BrFN2O4S. The Morgan fingerprint density at radius 3 is 2.47 bits per heavy atom. The second-order valence-corrected chi connectivity index (χ2v) is 9.58. The smallest absolute Gasteiger partial charge is 0.295 e. The summed E-state index contributed by atoms with van der Waals surface area (Å²) in [6.07, 6.45) is 1.52. The third-order valence-electron chi connectivity index (χ3n) is 4.58. The van der Waals surface area contributed by atoms with Gasteiger partial charge < -0.3 is 4.42 Å². The van der Waals surface area contributed by atoms with E-state index in [1.165, 1.54) is 47.5 Å². The summed E-state index contributed by atoms with van der Waals surface area (Å²) in [5.41, 5.74) is 0.540. The van der Waals surface area contributed by atoms with E-state index < -0.39 is 21.6 Å². The molecule has 1 amide bonds. The molecule has 0 unspecified atom stereocenters. The molecule has 0 N–H and O–H groups in total. The first-order valence-corrected chi connectivity index (χ1v) is 11.7. The molecule has 162 valence electrons. The number of halogens is 2. The number of nitrogens with zero attached hydrogens (tertiary/aromatic N) is 2. The van der Waals surface area contributed by atoms with E-state index in [1.54, 1.807) is 42.5 Å². The Kier molecular flexibility index (Phi) is 6.20. The molecule has 0 aliphatic carbocycles. The van der Waals surface area contributed by atoms with Crippen LogP contribution < -0.4 is 4.90 Å². The molecule has 9 heteroatoms. The van der Waals surface area contributed by atoms with Crippen LogP contribution in [-0.2, 0) is 16.4 Å². The van der Waals surface area contributed by atoms with Crippen molar-refractivity contribution in [2.45, 2.75) is 16.5 Å². The van der Waals surface area contributed by atoms with Gasteiger partial charge in [-0.25, -0.2) is 17.8 Å². The Balaban J connectivity index is 1.67. The Hall–Kier alpha value is -3.30. The summed E-state index contributed by atoms with van der Waals surface area (Å²) in [5, 5.41) is -0.352. The van der Waals surface area contributed by atoms with Crippen LogP contribution >= 0.6 is 15.9 Å². The molecule has 4 rings (SSSR count). The van der Waals surface area contributed by atoms with Crippen LogP contribution in [0.3, 0.4) is 0 Å². The summed E-state index contributed by atoms with van der Waals surface area (Å²) < 4.78 is 45.6. The van der Waals surface area contributed by atoms with Crippen molar-refractivity contribution < 1.29 is 22.0 Å². The van der Waals surface area contributed by atoms with Crippen molar-refractivity contribution >= 4 is 37.5 Å². The first-order valence-electron chi connectivity index (χ1n) is 9.42. The molecule has 0 radical (unpaired) electrons. The van der Waals surface area contributed by atoms with Crippen LogP contribution in [0.1, 0.15) is 16.1 Å². The van der Waals surface area contributed by atoms with Gasteiger partial charge in [0, 0.05) is 10.7 Å². The maximum atomic E-state index is 13.7. The molecule has 6 nitrogen and oxygen atoms in total. The van der Waals surface area contributed by atoms with Crippen molar-refractivity contribution in [2.24, 2.45) is 0 Å². The van der Waals surface area contributed by atoms with Gasteiger partial charge in [-0.1, -0.05) is 34.1 Å². The van der Waals surface area contributed by atoms with E-state index in [-0.39, 0.29) is 22.3 Å². The highest BCUT2D eigenvalue weighted by Crippen LogP contribution is 2.26. The molecule has 0 saturated carbocycles. The van der Waals surface area contributed by atoms with Crippen molar-refractivity contribution in [3.63, 3.8) is 0 Å². The maximum absolute atomic E-state index is 13.7. The number of rotatable bonds is 6. The lowest BCUT2D eigenvalue weighted by atomic mass is 10.2. The number of hydrogen-bond acceptors (Lipinski definition) is 5. The lowest BCUT2D eigenvalue weighted by Gasteiger charge is -2.20. The predicted octanol–water partition coefficient (Wildman–Crippen LogP) is 5.26. The van der Waals surface area contributed by atoms with Gasteiger partial charge in [0.1, 0.15) is 11.6 Å². The van der Waals surface area contributed by atoms with E-state index >= 15 is 0 Å². The fourth-order valence-electron chi connectivity index (χ4n) is 3.03. The molecule has 0 aliphatic heterocycles. The SMILES string of the molecule is O=C(c1ccc(S(=O)(=O)c2ccc(Br)cc2)o1)N(Cc1cccc(F)c1)c1ccccn1. The summed E-state index contributed by atoms with van der Waals surface area (Å²) in [4.78, 5) is 18.8. The van der Waals surface area contributed by atoms with Gasteiger partial charge >= 0.3 is 0 Å². The van der Waals surface area contributed by atoms with Crippen molar-refractivity contribution in [2.75, 3.05) is 4.90 Å². The largest absolute Gasteiger partial charge is 0.439 e. The number of sulfone groups is 1. The van der Waals surface area contributed by atoms with Gasteiger partial charge in [-0.05, 0) is 66.2 Å². The highest BCUT2D eigenvalue weighted by molar-refractivity contribution is 9.10. The third kappa shape index (κ3) is 4.63. The van der Waals surface area contributed by atoms with Crippen molar-refractivity contribution in [3.8, 4) is 0 Å². The molecular weight excluding hydrogens is 499 g/mol. The Labute approximate surface area is 192 Å². The van der Waals surface area contributed by atoms with Crippen LogP contribution in [0.5, 0.6) is 0 Å². The zero-order valence-corrected chi connectivity index (χ0v) is 18.9. The Bertz CT molecular complexity index is 1360. The summed E-state index contributed by atoms with van der Waals surface area (Å²) >= 11 is 3.26. The van der Waals surface area contributed by atoms with Crippen molar-refractivity contribution in [3.05, 3.63) is 107 Å². The van der Waals surface area contributed by atoms with E-state index in [9.17, 15) is 17.6 Å². The topological polar surface area (TPSA) is 80.5 Å². The quantitative estimate of drug-likeness (QED) is 0.350. The number of amides is 1. The van der Waals surface area contributed by atoms with Crippen LogP contribution in [0.25, 0.3) is 0 Å². The standard InChI is InChI=1S/C23H16BrFN2O4S/c24-17-7-9-19(10-8-17)32(29,30)22-12-11-20(31-22)23(28)27(21-6-1-2-13-26-21)15-16-4-3-5-18(25)14-16/h1-14H,15H2. The van der Waals surface area contributed by atoms with E-state index in [2.05, 4.69) is 20.9 Å². The molecule has 0 fully saturated rings. The minimum atomic E-state index is -3.95. The molecule has 0 aliphatic rings. The first kappa shape index (κ1) is 21.9. The van der Waals surface area contributed by atoms with Gasteiger partial charge in [0.15, 0.2) is 5.76 Å². The van der Waals surface area contributed by atoms with Crippen LogP contribution in [0.4, 0.5) is 10.2 Å². The molecule has 2 aromatic carbocycles. The van der Waals surface area contributed by atoms with Crippen molar-refractivity contribution in [1.82, 2.24) is 4.98 Å². The number of pyridine rings is 1. The minimum absolute atomic E-state index is 0.0170. The number of carbonyl (C=O) groups is 1. The molecule has 0 atom stereocenters. The van der Waals surface area contributed by atoms with Gasteiger partial charge in [0.2, 0.25) is 14.9 Å². The van der Waals surface area contributed by atoms with E-state index in [0.29, 0.717) is 11.4 Å². The van der Waals surface area contributed by atoms with E-state index in [4.69, 9.17) is 4.42 Å². The number of carbonyl (C=O) groups excluding carboxylic acids is 1. The average molecular weight is 515 g/mol. The number of benzene rings is 2. The van der Waals surface area contributed by atoms with Crippen molar-refractivity contribution in [1.29, 1.82) is 0 Å². The van der Waals surface area contributed by atoms with Crippen LogP contribution in [0.2, 0.25) is 0 Å². The highest BCUT2D eigenvalue weighted by Gasteiger charge is 2.27. The lowest BCUT2D eigenvalue weighted by molar-refractivity contribution is 0.0952. The lowest BCUT2D eigenvalue weighted by Crippen LogP contribution is -2.30. The second-order valence-electron chi connectivity index (χ2n) is 6.79. The monoisotopic (exact) mass is 514 g/mol. The second kappa shape index (κ2) is 9.05. The molecule has 32 heavy (non-hydrogen) atoms. The van der Waals surface area contributed by atoms with Crippen LogP contribution in [-0.4, -0.2) is 19.3 Å². The Morgan fingerprint density at radius 1 is 1.00 bits per heavy atom. The van der Waals surface area contributed by atoms with Gasteiger partial charge in [0.05, 0.1) is 11.4 Å². The fraction of sp³-hybridized carbons (Fsp3) is 0.0435. The number of hydrogen-bond donors (Lipinski definition) is 0. The molecule has 0 spiro atoms. The van der Waals surface area contributed by atoms with Gasteiger partial charge in [-0.3, -0.25) is 9.69 Å². The fourth-order valence-corrected chi connectivity index (χ4v) is 4.47. The Morgan fingerprint density at radius 2 is 1.78 bits per heavy atom. The van der Waals surface area contributed by atoms with E-state index in [0.717, 1.165) is 4.47 Å². The van der Waals surface area contributed by atoms with Gasteiger partial charge in [0.25, 0.3) is 5.91 Å². The first-order chi connectivity index (χ1) is 15.3. The molecule has 0 saturated heterocycles. The third-order valence-corrected chi connectivity index (χ3v) is 6.75.